The molecule has 1 aliphatic heterocycles. The Hall–Kier alpha value is -3.68. The minimum atomic E-state index is -0.727. The van der Waals surface area contributed by atoms with Gasteiger partial charge in [0.2, 0.25) is 0 Å². The highest BCUT2D eigenvalue weighted by molar-refractivity contribution is 6.34. The lowest BCUT2D eigenvalue weighted by Gasteiger charge is -2.26. The molecule has 0 radical (unpaired) electrons. The molecule has 4 rings (SSSR count). The molecule has 8 nitrogen and oxygen atoms in total. The predicted molar refractivity (Wildman–Crippen MR) is 125 cm³/mol. The number of carbonyl (C=O) groups excluding carboxylic acids is 4. The average Bonchev–Trinajstić information content (AvgIpc) is 3.09. The molecule has 1 saturated carbocycles. The van der Waals surface area contributed by atoms with Crippen LogP contribution in [-0.4, -0.2) is 42.9 Å². The maximum absolute atomic E-state index is 13.0. The van der Waals surface area contributed by atoms with E-state index in [1.54, 1.807) is 24.3 Å². The third-order valence-electron chi connectivity index (χ3n) is 6.24. The van der Waals surface area contributed by atoms with Gasteiger partial charge in [-0.25, -0.2) is 9.69 Å². The molecule has 0 aromatic heterocycles. The van der Waals surface area contributed by atoms with Crippen LogP contribution in [0, 0.1) is 5.92 Å². The first-order chi connectivity index (χ1) is 16.4. The predicted octanol–water partition coefficient (Wildman–Crippen LogP) is 3.74. The Balaban J connectivity index is 1.39. The monoisotopic (exact) mass is 464 g/mol. The second-order valence-electron chi connectivity index (χ2n) is 8.73. The molecule has 0 bridgehead atoms. The maximum Gasteiger partial charge on any atom is 0.338 e. The van der Waals surface area contributed by atoms with Crippen LogP contribution in [0.2, 0.25) is 0 Å². The number of imide groups is 1. The molecule has 0 unspecified atom stereocenters. The van der Waals surface area contributed by atoms with Crippen LogP contribution in [0.3, 0.4) is 0 Å². The second-order valence-corrected chi connectivity index (χ2v) is 8.73. The van der Waals surface area contributed by atoms with Crippen molar-refractivity contribution in [1.29, 1.82) is 0 Å². The van der Waals surface area contributed by atoms with Gasteiger partial charge in [-0.15, -0.1) is 0 Å². The summed E-state index contributed by atoms with van der Waals surface area (Å²) in [6, 6.07) is 10.9. The summed E-state index contributed by atoms with van der Waals surface area (Å²) < 4.78 is 10.5. The molecule has 34 heavy (non-hydrogen) atoms. The standard InChI is InChI=1S/C26H28N2O6/c1-3-33-20-11-9-19(10-12-20)28-24(30)21-13-6-17(14-22(21)25(28)31)26(32)34-15-23(29)27-18-7-4-16(2)5-8-18/h6,9-14,16,18H,3-5,7-8,15H2,1-2H3,(H,27,29). The van der Waals surface area contributed by atoms with Crippen molar-refractivity contribution in [3.63, 3.8) is 0 Å². The number of amides is 3. The van der Waals surface area contributed by atoms with Crippen molar-refractivity contribution in [2.24, 2.45) is 5.92 Å². The van der Waals surface area contributed by atoms with Crippen LogP contribution in [0.25, 0.3) is 0 Å². The smallest absolute Gasteiger partial charge is 0.338 e. The molecule has 0 saturated heterocycles. The fraction of sp³-hybridized carbons (Fsp3) is 0.385. The van der Waals surface area contributed by atoms with Crippen molar-refractivity contribution in [1.82, 2.24) is 5.32 Å². The Morgan fingerprint density at radius 1 is 0.971 bits per heavy atom. The van der Waals surface area contributed by atoms with Gasteiger partial charge in [0.25, 0.3) is 17.7 Å². The number of hydrogen-bond donors (Lipinski definition) is 1. The van der Waals surface area contributed by atoms with Crippen LogP contribution >= 0.6 is 0 Å². The number of hydrogen-bond acceptors (Lipinski definition) is 6. The summed E-state index contributed by atoms with van der Waals surface area (Å²) in [6.07, 6.45) is 3.99. The molecule has 2 aliphatic rings. The normalized spacial score (nSPS) is 19.5. The number of ether oxygens (including phenoxy) is 2. The lowest BCUT2D eigenvalue weighted by Crippen LogP contribution is -2.39. The third-order valence-corrected chi connectivity index (χ3v) is 6.24. The van der Waals surface area contributed by atoms with Gasteiger partial charge in [-0.05, 0) is 81.0 Å². The number of benzene rings is 2. The van der Waals surface area contributed by atoms with E-state index in [-0.39, 0.29) is 28.6 Å². The van der Waals surface area contributed by atoms with E-state index in [9.17, 15) is 19.2 Å². The summed E-state index contributed by atoms with van der Waals surface area (Å²) >= 11 is 0. The molecule has 8 heteroatoms. The van der Waals surface area contributed by atoms with Crippen LogP contribution in [0.1, 0.15) is 70.6 Å². The van der Waals surface area contributed by atoms with E-state index in [0.717, 1.165) is 30.6 Å². The SMILES string of the molecule is CCOc1ccc(N2C(=O)c3ccc(C(=O)OCC(=O)NC4CCC(C)CC4)cc3C2=O)cc1. The first kappa shape index (κ1) is 23.5. The minimum Gasteiger partial charge on any atom is -0.494 e. The van der Waals surface area contributed by atoms with E-state index in [4.69, 9.17) is 9.47 Å². The Morgan fingerprint density at radius 2 is 1.65 bits per heavy atom. The lowest BCUT2D eigenvalue weighted by molar-refractivity contribution is -0.125. The van der Waals surface area contributed by atoms with Crippen LogP contribution in [0.15, 0.2) is 42.5 Å². The van der Waals surface area contributed by atoms with Gasteiger partial charge in [-0.1, -0.05) is 6.92 Å². The largest absolute Gasteiger partial charge is 0.494 e. The fourth-order valence-electron chi connectivity index (χ4n) is 4.35. The number of esters is 1. The maximum atomic E-state index is 13.0. The quantitative estimate of drug-likeness (QED) is 0.495. The fourth-order valence-corrected chi connectivity index (χ4v) is 4.35. The summed E-state index contributed by atoms with van der Waals surface area (Å²) in [5.41, 5.74) is 0.842. The zero-order chi connectivity index (χ0) is 24.2. The van der Waals surface area contributed by atoms with Crippen molar-refractivity contribution in [2.75, 3.05) is 18.1 Å². The molecule has 0 spiro atoms. The van der Waals surface area contributed by atoms with Crippen LogP contribution in [0.5, 0.6) is 5.75 Å². The molecule has 0 atom stereocenters. The van der Waals surface area contributed by atoms with Crippen molar-refractivity contribution < 1.29 is 28.7 Å². The van der Waals surface area contributed by atoms with Gasteiger partial charge in [0.1, 0.15) is 5.75 Å². The Morgan fingerprint density at radius 3 is 2.32 bits per heavy atom. The molecular formula is C26H28N2O6. The molecule has 178 valence electrons. The van der Waals surface area contributed by atoms with Crippen molar-refractivity contribution in [3.05, 3.63) is 59.2 Å². The molecule has 2 aromatic carbocycles. The number of carbonyl (C=O) groups is 4. The van der Waals surface area contributed by atoms with E-state index < -0.39 is 24.4 Å². The minimum absolute atomic E-state index is 0.104. The highest BCUT2D eigenvalue weighted by Crippen LogP contribution is 2.30. The highest BCUT2D eigenvalue weighted by Gasteiger charge is 2.37. The number of nitrogens with zero attached hydrogens (tertiary/aromatic N) is 1. The topological polar surface area (TPSA) is 102 Å². The molecule has 1 heterocycles. The first-order valence-corrected chi connectivity index (χ1v) is 11.6. The van der Waals surface area contributed by atoms with E-state index in [1.165, 1.54) is 18.2 Å². The van der Waals surface area contributed by atoms with Crippen molar-refractivity contribution in [2.45, 2.75) is 45.6 Å². The van der Waals surface area contributed by atoms with Crippen LogP contribution in [-0.2, 0) is 9.53 Å². The van der Waals surface area contributed by atoms with Crippen molar-refractivity contribution >= 4 is 29.4 Å². The Kier molecular flexibility index (Phi) is 6.95. The molecule has 1 fully saturated rings. The zero-order valence-electron chi connectivity index (χ0n) is 19.3. The summed E-state index contributed by atoms with van der Waals surface area (Å²) in [5, 5.41) is 2.91. The molecule has 1 aliphatic carbocycles. The Bertz CT molecular complexity index is 1100. The number of fused-ring (bicyclic) bond motifs is 1. The van der Waals surface area contributed by atoms with Gasteiger partial charge >= 0.3 is 5.97 Å². The van der Waals surface area contributed by atoms with Crippen molar-refractivity contribution in [3.8, 4) is 5.75 Å². The van der Waals surface area contributed by atoms with E-state index >= 15 is 0 Å². The second kappa shape index (κ2) is 10.1. The van der Waals surface area contributed by atoms with Gasteiger partial charge in [-0.2, -0.15) is 0 Å². The highest BCUT2D eigenvalue weighted by atomic mass is 16.5. The average molecular weight is 465 g/mol. The van der Waals surface area contributed by atoms with E-state index in [0.29, 0.717) is 24.0 Å². The van der Waals surface area contributed by atoms with Crippen LogP contribution in [0.4, 0.5) is 5.69 Å². The van der Waals surface area contributed by atoms with E-state index in [2.05, 4.69) is 12.2 Å². The van der Waals surface area contributed by atoms with E-state index in [1.807, 2.05) is 6.92 Å². The molecule has 3 amide bonds. The van der Waals surface area contributed by atoms with Crippen LogP contribution < -0.4 is 15.0 Å². The number of anilines is 1. The Labute approximate surface area is 198 Å². The number of nitrogens with one attached hydrogen (secondary N) is 1. The summed E-state index contributed by atoms with van der Waals surface area (Å²) in [7, 11) is 0. The molecule has 1 N–H and O–H groups in total. The summed E-state index contributed by atoms with van der Waals surface area (Å²) in [4.78, 5) is 51.5. The summed E-state index contributed by atoms with van der Waals surface area (Å²) in [5.74, 6) is -0.758. The first-order valence-electron chi connectivity index (χ1n) is 11.6. The molecular weight excluding hydrogens is 436 g/mol. The van der Waals surface area contributed by atoms with Gasteiger partial charge < -0.3 is 14.8 Å². The van der Waals surface area contributed by atoms with Gasteiger partial charge in [0.15, 0.2) is 6.61 Å². The third kappa shape index (κ3) is 4.95. The zero-order valence-corrected chi connectivity index (χ0v) is 19.3. The number of rotatable bonds is 7. The van der Waals surface area contributed by atoms with Gasteiger partial charge in [0.05, 0.1) is 29.0 Å². The molecule has 2 aromatic rings. The summed E-state index contributed by atoms with van der Waals surface area (Å²) in [6.45, 7) is 4.18. The lowest BCUT2D eigenvalue weighted by atomic mass is 9.87. The van der Waals surface area contributed by atoms with Gasteiger partial charge in [0, 0.05) is 6.04 Å². The van der Waals surface area contributed by atoms with Gasteiger partial charge in [-0.3, -0.25) is 14.4 Å².